The van der Waals surface area contributed by atoms with Gasteiger partial charge in [0.05, 0.1) is 12.1 Å². The van der Waals surface area contributed by atoms with Crippen LogP contribution in [0.2, 0.25) is 0 Å². The zero-order valence-corrected chi connectivity index (χ0v) is 16.9. The van der Waals surface area contributed by atoms with Gasteiger partial charge in [0.1, 0.15) is 17.5 Å². The smallest absolute Gasteiger partial charge is 0.330 e. The molecule has 0 saturated carbocycles. The molecule has 3 rings (SSSR count). The number of nitrogens with zero attached hydrogens (tertiary/aromatic N) is 2. The van der Waals surface area contributed by atoms with Crippen LogP contribution in [-0.2, 0) is 6.54 Å². The van der Waals surface area contributed by atoms with Crippen LogP contribution in [0.4, 0.5) is 20.3 Å². The first-order valence-corrected chi connectivity index (χ1v) is 9.77. The number of rotatable bonds is 7. The molecule has 0 atom stereocenters. The number of nitrogen functional groups attached to an aromatic ring is 1. The molecular formula is C22H22F2N4O3. The second-order valence-electron chi connectivity index (χ2n) is 7.00. The number of carbonyl (C=O) groups excluding carboxylic acids is 1. The molecule has 0 spiro atoms. The zero-order chi connectivity index (χ0) is 22.5. The molecule has 162 valence electrons. The Morgan fingerprint density at radius 3 is 2.48 bits per heavy atom. The number of aromatic nitrogens is 2. The molecule has 7 nitrogen and oxygen atoms in total. The number of halogens is 2. The van der Waals surface area contributed by atoms with Crippen molar-refractivity contribution in [2.24, 2.45) is 0 Å². The van der Waals surface area contributed by atoms with Gasteiger partial charge in [0.25, 0.3) is 11.5 Å². The van der Waals surface area contributed by atoms with Crippen LogP contribution < -0.4 is 21.9 Å². The van der Waals surface area contributed by atoms with E-state index >= 15 is 0 Å². The molecule has 0 bridgehead atoms. The molecular weight excluding hydrogens is 406 g/mol. The molecule has 1 aromatic heterocycles. The van der Waals surface area contributed by atoms with E-state index in [9.17, 15) is 23.2 Å². The number of nitrogens with one attached hydrogen (secondary N) is 1. The second-order valence-corrected chi connectivity index (χ2v) is 7.00. The summed E-state index contributed by atoms with van der Waals surface area (Å²) in [5.74, 6) is -2.96. The number of hydrogen-bond acceptors (Lipinski definition) is 4. The highest BCUT2D eigenvalue weighted by Gasteiger charge is 2.27. The van der Waals surface area contributed by atoms with E-state index in [-0.39, 0.29) is 24.6 Å². The highest BCUT2D eigenvalue weighted by molar-refractivity contribution is 6.07. The van der Waals surface area contributed by atoms with E-state index in [1.165, 1.54) is 0 Å². The number of nitrogens with two attached hydrogens (primary N) is 1. The number of amides is 1. The topological polar surface area (TPSA) is 101 Å². The lowest BCUT2D eigenvalue weighted by Gasteiger charge is -2.24. The Hall–Kier alpha value is -3.75. The Labute approximate surface area is 176 Å². The number of H-pyrrole nitrogens is 1. The Morgan fingerprint density at radius 1 is 1.13 bits per heavy atom. The van der Waals surface area contributed by atoms with Crippen LogP contribution in [0.1, 0.15) is 35.7 Å². The number of carbonyl (C=O) groups is 1. The average Bonchev–Trinajstić information content (AvgIpc) is 2.73. The van der Waals surface area contributed by atoms with Crippen LogP contribution in [-0.4, -0.2) is 22.0 Å². The molecule has 31 heavy (non-hydrogen) atoms. The molecule has 0 aliphatic heterocycles. The minimum absolute atomic E-state index is 0.0585. The van der Waals surface area contributed by atoms with Gasteiger partial charge in [-0.15, -0.1) is 0 Å². The van der Waals surface area contributed by atoms with Gasteiger partial charge in [-0.05, 0) is 24.1 Å². The van der Waals surface area contributed by atoms with Gasteiger partial charge in [0.2, 0.25) is 0 Å². The van der Waals surface area contributed by atoms with E-state index in [1.807, 2.05) is 13.0 Å². The quantitative estimate of drug-likeness (QED) is 0.604. The van der Waals surface area contributed by atoms with Gasteiger partial charge in [-0.2, -0.15) is 0 Å². The third-order valence-electron chi connectivity index (χ3n) is 4.81. The molecule has 0 aliphatic carbocycles. The fourth-order valence-electron chi connectivity index (χ4n) is 3.20. The molecule has 2 aromatic carbocycles. The van der Waals surface area contributed by atoms with Crippen LogP contribution in [0.3, 0.4) is 0 Å². The summed E-state index contributed by atoms with van der Waals surface area (Å²) in [4.78, 5) is 41.4. The Morgan fingerprint density at radius 2 is 1.84 bits per heavy atom. The first-order chi connectivity index (χ1) is 14.8. The molecule has 1 amide bonds. The third-order valence-corrected chi connectivity index (χ3v) is 4.81. The molecule has 0 aliphatic rings. The Balaban J connectivity index is 2.12. The van der Waals surface area contributed by atoms with Crippen molar-refractivity contribution in [2.75, 3.05) is 17.2 Å². The standard InChI is InChI=1S/C22H22F2N4O3/c1-2-3-11-27(21(30)16-10-9-15(23)12-17(16)24)18-19(25)28(22(31)26-20(18)29)13-14-7-5-4-6-8-14/h4-10,12H,2-3,11,13,25H2,1H3,(H,26,29,31). The van der Waals surface area contributed by atoms with E-state index < -0.39 is 34.4 Å². The van der Waals surface area contributed by atoms with Crippen molar-refractivity contribution >= 4 is 17.4 Å². The highest BCUT2D eigenvalue weighted by Crippen LogP contribution is 2.22. The summed E-state index contributed by atoms with van der Waals surface area (Å²) < 4.78 is 28.7. The number of unbranched alkanes of at least 4 members (excludes halogenated alkanes) is 1. The molecule has 0 unspecified atom stereocenters. The number of aromatic amines is 1. The van der Waals surface area contributed by atoms with Gasteiger partial charge in [0.15, 0.2) is 5.69 Å². The zero-order valence-electron chi connectivity index (χ0n) is 16.9. The molecule has 0 radical (unpaired) electrons. The van der Waals surface area contributed by atoms with Crippen molar-refractivity contribution in [2.45, 2.75) is 26.3 Å². The summed E-state index contributed by atoms with van der Waals surface area (Å²) in [7, 11) is 0. The lowest BCUT2D eigenvalue weighted by molar-refractivity contribution is 0.0982. The molecule has 3 aromatic rings. The average molecular weight is 428 g/mol. The molecule has 0 saturated heterocycles. The number of anilines is 2. The van der Waals surface area contributed by atoms with Crippen LogP contribution in [0.15, 0.2) is 58.1 Å². The molecule has 0 fully saturated rings. The SMILES string of the molecule is CCCCN(C(=O)c1ccc(F)cc1F)c1c(N)n(Cc2ccccc2)c(=O)[nH]c1=O. The Kier molecular flexibility index (Phi) is 6.64. The second kappa shape index (κ2) is 9.38. The van der Waals surface area contributed by atoms with Crippen molar-refractivity contribution in [1.29, 1.82) is 0 Å². The van der Waals surface area contributed by atoms with Gasteiger partial charge in [-0.25, -0.2) is 13.6 Å². The van der Waals surface area contributed by atoms with Crippen LogP contribution >= 0.6 is 0 Å². The van der Waals surface area contributed by atoms with Crippen molar-refractivity contribution in [3.8, 4) is 0 Å². The fourth-order valence-corrected chi connectivity index (χ4v) is 3.20. The van der Waals surface area contributed by atoms with Crippen molar-refractivity contribution in [3.05, 3.63) is 92.1 Å². The maximum atomic E-state index is 14.3. The number of benzene rings is 2. The van der Waals surface area contributed by atoms with Crippen LogP contribution in [0.25, 0.3) is 0 Å². The monoisotopic (exact) mass is 428 g/mol. The minimum Gasteiger partial charge on any atom is -0.383 e. The third kappa shape index (κ3) is 4.71. The van der Waals surface area contributed by atoms with Crippen molar-refractivity contribution in [1.82, 2.24) is 9.55 Å². The largest absolute Gasteiger partial charge is 0.383 e. The number of hydrogen-bond donors (Lipinski definition) is 2. The summed E-state index contributed by atoms with van der Waals surface area (Å²) in [5, 5.41) is 0. The molecule has 3 N–H and O–H groups in total. The maximum absolute atomic E-state index is 14.3. The van der Waals surface area contributed by atoms with Gasteiger partial charge < -0.3 is 10.6 Å². The summed E-state index contributed by atoms with van der Waals surface area (Å²) in [6.07, 6.45) is 1.17. The molecule has 1 heterocycles. The van der Waals surface area contributed by atoms with E-state index in [4.69, 9.17) is 5.73 Å². The van der Waals surface area contributed by atoms with E-state index in [0.717, 1.165) is 27.2 Å². The lowest BCUT2D eigenvalue weighted by Crippen LogP contribution is -2.42. The summed E-state index contributed by atoms with van der Waals surface area (Å²) >= 11 is 0. The van der Waals surface area contributed by atoms with E-state index in [1.54, 1.807) is 24.3 Å². The predicted molar refractivity (Wildman–Crippen MR) is 114 cm³/mol. The summed E-state index contributed by atoms with van der Waals surface area (Å²) in [6.45, 7) is 2.00. The summed E-state index contributed by atoms with van der Waals surface area (Å²) in [6, 6.07) is 11.5. The van der Waals surface area contributed by atoms with Gasteiger partial charge >= 0.3 is 5.69 Å². The first kappa shape index (κ1) is 21.9. The van der Waals surface area contributed by atoms with E-state index in [2.05, 4.69) is 4.98 Å². The predicted octanol–water partition coefficient (Wildman–Crippen LogP) is 2.89. The van der Waals surface area contributed by atoms with Crippen LogP contribution in [0, 0.1) is 11.6 Å². The fraction of sp³-hybridized carbons (Fsp3) is 0.227. The molecule has 9 heteroatoms. The van der Waals surface area contributed by atoms with Crippen molar-refractivity contribution in [3.63, 3.8) is 0 Å². The Bertz CT molecular complexity index is 1210. The van der Waals surface area contributed by atoms with Gasteiger partial charge in [-0.1, -0.05) is 43.7 Å². The maximum Gasteiger partial charge on any atom is 0.330 e. The summed E-state index contributed by atoms with van der Waals surface area (Å²) in [5.41, 5.74) is 4.68. The normalized spacial score (nSPS) is 10.8. The lowest BCUT2D eigenvalue weighted by atomic mass is 10.1. The van der Waals surface area contributed by atoms with E-state index in [0.29, 0.717) is 18.9 Å². The van der Waals surface area contributed by atoms with Crippen LogP contribution in [0.5, 0.6) is 0 Å². The van der Waals surface area contributed by atoms with Crippen molar-refractivity contribution < 1.29 is 13.6 Å². The van der Waals surface area contributed by atoms with Gasteiger partial charge in [0, 0.05) is 12.6 Å². The van der Waals surface area contributed by atoms with Gasteiger partial charge in [-0.3, -0.25) is 19.1 Å². The minimum atomic E-state index is -1.06. The highest BCUT2D eigenvalue weighted by atomic mass is 19.1. The first-order valence-electron chi connectivity index (χ1n) is 9.77.